The maximum absolute atomic E-state index is 11.0. The second-order valence-corrected chi connectivity index (χ2v) is 15.0. The zero-order chi connectivity index (χ0) is 20.1. The summed E-state index contributed by atoms with van der Waals surface area (Å²) in [6, 6.07) is 7.40. The summed E-state index contributed by atoms with van der Waals surface area (Å²) in [5.41, 5.74) is 0.732. The van der Waals surface area contributed by atoms with Crippen LogP contribution in [0.4, 0.5) is 5.69 Å². The summed E-state index contributed by atoms with van der Waals surface area (Å²) in [6.45, 7) is 0.432. The number of anilines is 1. The Hall–Kier alpha value is -0.372. The normalized spacial score (nSPS) is 19.8. The molecular weight excluding hydrogens is 485 g/mol. The molecule has 0 aromatic heterocycles. The van der Waals surface area contributed by atoms with Crippen molar-refractivity contribution in [2.75, 3.05) is 35.2 Å². The average Bonchev–Trinajstić information content (AvgIpc) is 3.30. The molecule has 3 N–H and O–H groups in total. The molecule has 2 rings (SSSR count). The van der Waals surface area contributed by atoms with Crippen LogP contribution in [0.3, 0.4) is 0 Å². The second kappa shape index (κ2) is 9.90. The van der Waals surface area contributed by atoms with Gasteiger partial charge in [0.15, 0.2) is 0 Å². The molecule has 0 aliphatic carbocycles. The van der Waals surface area contributed by atoms with Crippen LogP contribution in [-0.4, -0.2) is 76.2 Å². The van der Waals surface area contributed by atoms with Crippen LogP contribution in [0.15, 0.2) is 24.3 Å². The van der Waals surface area contributed by atoms with Gasteiger partial charge < -0.3 is 0 Å². The number of nitrogens with zero attached hydrogens (tertiary/aromatic N) is 1. The molecular formula is C13H20AsNO9S3. The van der Waals surface area contributed by atoms with Gasteiger partial charge in [-0.1, -0.05) is 0 Å². The average molecular weight is 505 g/mol. The van der Waals surface area contributed by atoms with Crippen molar-refractivity contribution in [1.82, 2.24) is 0 Å². The van der Waals surface area contributed by atoms with Gasteiger partial charge in [-0.3, -0.25) is 0 Å². The van der Waals surface area contributed by atoms with Crippen molar-refractivity contribution in [3.05, 3.63) is 24.3 Å². The summed E-state index contributed by atoms with van der Waals surface area (Å²) in [7, 11) is -8.07. The molecule has 1 aromatic rings. The SMILES string of the molecule is O=S(=O)(O)CCN(CCSOOO)c1ccc([As]2CC2CS(=O)(=O)O)cc1. The van der Waals surface area contributed by atoms with E-state index in [0.29, 0.717) is 12.3 Å². The quantitative estimate of drug-likeness (QED) is 0.0906. The second-order valence-electron chi connectivity index (χ2n) is 5.81. The Morgan fingerprint density at radius 1 is 1.11 bits per heavy atom. The zero-order valence-electron chi connectivity index (χ0n) is 14.0. The fourth-order valence-electron chi connectivity index (χ4n) is 2.54. The molecule has 1 aromatic carbocycles. The summed E-state index contributed by atoms with van der Waals surface area (Å²) in [5, 5.41) is 12.4. The predicted molar refractivity (Wildman–Crippen MR) is 103 cm³/mol. The van der Waals surface area contributed by atoms with E-state index >= 15 is 0 Å². The molecule has 0 bridgehead atoms. The van der Waals surface area contributed by atoms with E-state index in [2.05, 4.69) is 9.37 Å². The topological polar surface area (TPSA) is 151 Å². The van der Waals surface area contributed by atoms with Gasteiger partial charge in [-0.2, -0.15) is 0 Å². The Morgan fingerprint density at radius 2 is 1.78 bits per heavy atom. The molecule has 154 valence electrons. The molecule has 2 unspecified atom stereocenters. The van der Waals surface area contributed by atoms with Gasteiger partial charge in [-0.05, 0) is 0 Å². The molecule has 0 spiro atoms. The first-order chi connectivity index (χ1) is 12.6. The van der Waals surface area contributed by atoms with E-state index in [1.165, 1.54) is 0 Å². The minimum atomic E-state index is -4.12. The van der Waals surface area contributed by atoms with Crippen LogP contribution in [-0.2, 0) is 29.6 Å². The summed E-state index contributed by atoms with van der Waals surface area (Å²) in [5.74, 6) is -0.271. The third-order valence-electron chi connectivity index (χ3n) is 3.81. The van der Waals surface area contributed by atoms with Gasteiger partial charge in [0.2, 0.25) is 0 Å². The van der Waals surface area contributed by atoms with Gasteiger partial charge in [-0.15, -0.1) is 0 Å². The number of benzene rings is 1. The number of rotatable bonds is 12. The van der Waals surface area contributed by atoms with Crippen molar-refractivity contribution < 1.29 is 40.6 Å². The van der Waals surface area contributed by atoms with Crippen molar-refractivity contribution in [3.63, 3.8) is 0 Å². The third-order valence-corrected chi connectivity index (χ3v) is 11.8. The Balaban J connectivity index is 2.00. The summed E-state index contributed by atoms with van der Waals surface area (Å²) < 4.78 is 67.3. The van der Waals surface area contributed by atoms with Crippen molar-refractivity contribution in [2.45, 2.75) is 9.91 Å². The van der Waals surface area contributed by atoms with Crippen LogP contribution >= 0.6 is 12.0 Å². The van der Waals surface area contributed by atoms with Gasteiger partial charge in [-0.25, -0.2) is 0 Å². The van der Waals surface area contributed by atoms with E-state index in [9.17, 15) is 16.8 Å². The van der Waals surface area contributed by atoms with Crippen molar-refractivity contribution in [3.8, 4) is 0 Å². The van der Waals surface area contributed by atoms with Gasteiger partial charge in [0.05, 0.1) is 0 Å². The molecule has 1 heterocycles. The maximum atomic E-state index is 11.0. The molecule has 1 saturated heterocycles. The van der Waals surface area contributed by atoms with Crippen LogP contribution in [0.1, 0.15) is 0 Å². The van der Waals surface area contributed by atoms with Crippen LogP contribution in [0.25, 0.3) is 0 Å². The Morgan fingerprint density at radius 3 is 2.33 bits per heavy atom. The summed E-state index contributed by atoms with van der Waals surface area (Å²) in [6.07, 6.45) is 0. The van der Waals surface area contributed by atoms with Gasteiger partial charge >= 0.3 is 167 Å². The van der Waals surface area contributed by atoms with Gasteiger partial charge in [0.25, 0.3) is 0 Å². The zero-order valence-corrected chi connectivity index (χ0v) is 18.4. The van der Waals surface area contributed by atoms with E-state index < -0.39 is 40.6 Å². The molecule has 0 radical (unpaired) electrons. The third kappa shape index (κ3) is 8.67. The first-order valence-electron chi connectivity index (χ1n) is 7.71. The van der Waals surface area contributed by atoms with Gasteiger partial charge in [0, 0.05) is 0 Å². The molecule has 1 aliphatic heterocycles. The Labute approximate surface area is 166 Å². The first-order valence-corrected chi connectivity index (χ1v) is 15.2. The molecule has 10 nitrogen and oxygen atoms in total. The Bertz CT molecular complexity index is 816. The van der Waals surface area contributed by atoms with Crippen molar-refractivity contribution in [1.29, 1.82) is 0 Å². The summed E-state index contributed by atoms with van der Waals surface area (Å²) in [4.78, 5) is 1.73. The summed E-state index contributed by atoms with van der Waals surface area (Å²) >= 11 is -0.621. The van der Waals surface area contributed by atoms with E-state index in [4.69, 9.17) is 14.4 Å². The molecule has 2 atom stereocenters. The molecule has 14 heteroatoms. The number of hydrogen-bond acceptors (Lipinski definition) is 9. The molecule has 0 amide bonds. The standard InChI is InChI=1S/C13H20AsNO9S3/c16-23-24-25-7-5-15(6-8-26(17,18)19)13-3-1-11(2-4-13)14-9-12(14)10-27(20,21)22/h1-4,12,16H,5-10H2,(H,17,18,19)(H,20,21,22). The van der Waals surface area contributed by atoms with E-state index in [1.54, 1.807) is 4.90 Å². The van der Waals surface area contributed by atoms with E-state index in [0.717, 1.165) is 27.3 Å². The number of hydrogen-bond donors (Lipinski definition) is 3. The fraction of sp³-hybridized carbons (Fsp3) is 0.538. The van der Waals surface area contributed by atoms with Crippen molar-refractivity contribution >= 4 is 57.0 Å². The predicted octanol–water partition coefficient (Wildman–Crippen LogP) is 0.424. The first kappa shape index (κ1) is 22.9. The van der Waals surface area contributed by atoms with Crippen LogP contribution in [0.5, 0.6) is 0 Å². The molecule has 0 saturated carbocycles. The van der Waals surface area contributed by atoms with Crippen LogP contribution in [0.2, 0.25) is 9.91 Å². The van der Waals surface area contributed by atoms with Crippen molar-refractivity contribution in [2.24, 2.45) is 0 Å². The minimum absolute atomic E-state index is 0.0426. The Kier molecular flexibility index (Phi) is 8.40. The molecule has 27 heavy (non-hydrogen) atoms. The van der Waals surface area contributed by atoms with Crippen LogP contribution in [0, 0.1) is 0 Å². The van der Waals surface area contributed by atoms with Crippen LogP contribution < -0.4 is 9.25 Å². The molecule has 1 aliphatic rings. The van der Waals surface area contributed by atoms with Gasteiger partial charge in [0.1, 0.15) is 0 Å². The fourth-order valence-corrected chi connectivity index (χ4v) is 11.2. The van der Waals surface area contributed by atoms with E-state index in [1.807, 2.05) is 24.3 Å². The monoisotopic (exact) mass is 505 g/mol. The van der Waals surface area contributed by atoms with E-state index in [-0.39, 0.29) is 17.0 Å². The molecule has 1 fully saturated rings.